The summed E-state index contributed by atoms with van der Waals surface area (Å²) in [5.74, 6) is -0.492. The second-order valence-electron chi connectivity index (χ2n) is 9.54. The molecule has 1 atom stereocenters. The molecule has 2 aliphatic rings. The van der Waals surface area contributed by atoms with Gasteiger partial charge >= 0.3 is 6.99 Å². The van der Waals surface area contributed by atoms with E-state index >= 15 is 8.71 Å². The fraction of sp³-hybridized carbons (Fsp3) is 0.269. The number of nitrogens with zero attached hydrogens (tertiary/aromatic N) is 4. The summed E-state index contributed by atoms with van der Waals surface area (Å²) in [6, 6.07) is 12.5. The van der Waals surface area contributed by atoms with Crippen molar-refractivity contribution in [1.82, 2.24) is 19.7 Å². The number of halogens is 2. The van der Waals surface area contributed by atoms with Gasteiger partial charge in [0.15, 0.2) is 6.29 Å². The highest BCUT2D eigenvalue weighted by atomic mass is 19.1. The third-order valence-electron chi connectivity index (χ3n) is 7.63. The lowest BCUT2D eigenvalue weighted by Crippen LogP contribution is -2.63. The molecule has 3 heterocycles. The lowest BCUT2D eigenvalue weighted by molar-refractivity contribution is 0.111. The molecule has 6 rings (SSSR count). The minimum absolute atomic E-state index is 0.0804. The van der Waals surface area contributed by atoms with Crippen molar-refractivity contribution >= 4 is 37.5 Å². The Hall–Kier alpha value is -3.32. The lowest BCUT2D eigenvalue weighted by Gasteiger charge is -2.45. The number of fused-ring (bicyclic) bond motifs is 2. The van der Waals surface area contributed by atoms with Crippen molar-refractivity contribution in [2.24, 2.45) is 0 Å². The van der Waals surface area contributed by atoms with Crippen LogP contribution >= 0.6 is 0 Å². The molecule has 0 amide bonds. The summed E-state index contributed by atoms with van der Waals surface area (Å²) in [5, 5.41) is 3.77. The van der Waals surface area contributed by atoms with E-state index in [1.54, 1.807) is 31.4 Å². The molecule has 9 heteroatoms. The maximum Gasteiger partial charge on any atom is 0.398 e. The van der Waals surface area contributed by atoms with Crippen LogP contribution in [-0.2, 0) is 11.9 Å². The average molecular weight is 466 g/mol. The van der Waals surface area contributed by atoms with Crippen molar-refractivity contribution < 1.29 is 13.5 Å². The number of carbonyl (C=O) groups is 1. The van der Waals surface area contributed by atoms with E-state index in [9.17, 15) is 4.79 Å². The van der Waals surface area contributed by atoms with Gasteiger partial charge in [0.1, 0.15) is 5.82 Å². The number of hydrogen-bond acceptors (Lipinski definition) is 4. The first kappa shape index (κ1) is 22.2. The van der Waals surface area contributed by atoms with E-state index in [2.05, 4.69) is 10.1 Å². The highest BCUT2D eigenvalue weighted by Gasteiger charge is 2.51. The zero-order valence-corrected chi connectivity index (χ0v) is 19.3. The second-order valence-corrected chi connectivity index (χ2v) is 9.54. The SMILES string of the molecule is [B]C1(c2ncccc2C=O)B(F)c2cc(-c3cccc4c3cnn4C3CCC3)cc(F)c2CN1C. The first-order chi connectivity index (χ1) is 16.9. The highest BCUT2D eigenvalue weighted by molar-refractivity contribution is 6.76. The Labute approximate surface area is 203 Å². The second kappa shape index (κ2) is 8.12. The Morgan fingerprint density at radius 1 is 1.23 bits per heavy atom. The maximum absolute atomic E-state index is 16.3. The van der Waals surface area contributed by atoms with Crippen LogP contribution in [0.15, 0.2) is 54.9 Å². The summed E-state index contributed by atoms with van der Waals surface area (Å²) in [6.45, 7) is -1.73. The third-order valence-corrected chi connectivity index (χ3v) is 7.63. The fourth-order valence-corrected chi connectivity index (χ4v) is 5.40. The van der Waals surface area contributed by atoms with E-state index in [4.69, 9.17) is 7.85 Å². The van der Waals surface area contributed by atoms with Crippen LogP contribution in [0.25, 0.3) is 22.0 Å². The predicted octanol–water partition coefficient (Wildman–Crippen LogP) is 3.95. The molecule has 1 unspecified atom stereocenters. The normalized spacial score (nSPS) is 20.6. The maximum atomic E-state index is 16.3. The van der Waals surface area contributed by atoms with Crippen LogP contribution in [0.3, 0.4) is 0 Å². The minimum Gasteiger partial charge on any atom is -0.328 e. The van der Waals surface area contributed by atoms with Crippen LogP contribution in [0, 0.1) is 5.82 Å². The molecule has 0 saturated heterocycles. The Morgan fingerprint density at radius 2 is 2.06 bits per heavy atom. The van der Waals surface area contributed by atoms with Crippen LogP contribution in [-0.4, -0.2) is 47.8 Å². The van der Waals surface area contributed by atoms with Crippen LogP contribution in [0.5, 0.6) is 0 Å². The molecule has 4 aromatic rings. The summed E-state index contributed by atoms with van der Waals surface area (Å²) in [5.41, 5.74) is 3.10. The molecule has 0 spiro atoms. The van der Waals surface area contributed by atoms with Crippen LogP contribution in [0.2, 0.25) is 0 Å². The summed E-state index contributed by atoms with van der Waals surface area (Å²) in [6.07, 6.45) is 7.28. The summed E-state index contributed by atoms with van der Waals surface area (Å²) < 4.78 is 33.8. The molecule has 0 N–H and O–H groups in total. The van der Waals surface area contributed by atoms with E-state index < -0.39 is 18.1 Å². The molecule has 172 valence electrons. The van der Waals surface area contributed by atoms with E-state index in [-0.39, 0.29) is 28.8 Å². The van der Waals surface area contributed by atoms with Gasteiger partial charge in [-0.3, -0.25) is 14.5 Å². The zero-order valence-electron chi connectivity index (χ0n) is 19.3. The molecule has 1 aliphatic heterocycles. The third kappa shape index (κ3) is 3.21. The molecular formula is C26H22B2F2N4O. The van der Waals surface area contributed by atoms with Crippen molar-refractivity contribution in [2.75, 3.05) is 7.05 Å². The number of carbonyl (C=O) groups excluding carboxylic acids is 1. The predicted molar refractivity (Wildman–Crippen MR) is 133 cm³/mol. The monoisotopic (exact) mass is 466 g/mol. The zero-order chi connectivity index (χ0) is 24.3. The van der Waals surface area contributed by atoms with Gasteiger partial charge in [-0.25, -0.2) is 4.39 Å². The van der Waals surface area contributed by atoms with Crippen molar-refractivity contribution in [3.8, 4) is 11.1 Å². The van der Waals surface area contributed by atoms with Gasteiger partial charge < -0.3 is 9.22 Å². The first-order valence-corrected chi connectivity index (χ1v) is 11.8. The smallest absolute Gasteiger partial charge is 0.328 e. The molecule has 2 aromatic heterocycles. The van der Waals surface area contributed by atoms with Crippen molar-refractivity contribution in [3.05, 3.63) is 77.5 Å². The highest BCUT2D eigenvalue weighted by Crippen LogP contribution is 2.38. The molecule has 0 bridgehead atoms. The van der Waals surface area contributed by atoms with Gasteiger partial charge in [-0.05, 0) is 72.7 Å². The Kier molecular flexibility index (Phi) is 5.14. The average Bonchev–Trinajstić information content (AvgIpc) is 3.26. The van der Waals surface area contributed by atoms with Crippen molar-refractivity contribution in [1.29, 1.82) is 0 Å². The van der Waals surface area contributed by atoms with Crippen LogP contribution < -0.4 is 5.46 Å². The number of aromatic nitrogens is 3. The molecule has 1 saturated carbocycles. The number of pyridine rings is 1. The first-order valence-electron chi connectivity index (χ1n) is 11.8. The standard InChI is InChI=1S/C26H22B2F2N4O/c1-33-14-21-22(28(30)26(33,27)25-16(15-35)5-4-10-31-25)11-17(12-23(21)29)19-8-3-9-24-20(19)13-32-34(24)18-6-2-7-18/h3-5,8-13,15,18H,2,6-7,14H2,1H3. The summed E-state index contributed by atoms with van der Waals surface area (Å²) >= 11 is 0. The fourth-order valence-electron chi connectivity index (χ4n) is 5.40. The molecule has 2 aromatic carbocycles. The number of hydrogen-bond donors (Lipinski definition) is 0. The summed E-state index contributed by atoms with van der Waals surface area (Å²) in [7, 11) is 8.25. The molecule has 5 nitrogen and oxygen atoms in total. The largest absolute Gasteiger partial charge is 0.398 e. The Balaban J connectivity index is 1.50. The van der Waals surface area contributed by atoms with Gasteiger partial charge in [-0.1, -0.05) is 18.2 Å². The van der Waals surface area contributed by atoms with Gasteiger partial charge in [0.05, 0.1) is 31.3 Å². The van der Waals surface area contributed by atoms with Crippen molar-refractivity contribution in [2.45, 2.75) is 37.2 Å². The lowest BCUT2D eigenvalue weighted by atomic mass is 9.36. The quantitative estimate of drug-likeness (QED) is 0.338. The van der Waals surface area contributed by atoms with Gasteiger partial charge in [0.2, 0.25) is 0 Å². The summed E-state index contributed by atoms with van der Waals surface area (Å²) in [4.78, 5) is 17.4. The van der Waals surface area contributed by atoms with Gasteiger partial charge in [-0.15, -0.1) is 0 Å². The van der Waals surface area contributed by atoms with E-state index in [0.717, 1.165) is 29.3 Å². The van der Waals surface area contributed by atoms with Gasteiger partial charge in [-0.2, -0.15) is 5.10 Å². The van der Waals surface area contributed by atoms with Crippen molar-refractivity contribution in [3.63, 3.8) is 0 Å². The molecule has 1 fully saturated rings. The minimum atomic E-state index is -1.81. The topological polar surface area (TPSA) is 51.0 Å². The van der Waals surface area contributed by atoms with Gasteiger partial charge in [0.25, 0.3) is 0 Å². The number of aldehydes is 1. The Morgan fingerprint density at radius 3 is 2.80 bits per heavy atom. The number of rotatable bonds is 4. The van der Waals surface area contributed by atoms with Crippen LogP contribution in [0.1, 0.15) is 46.9 Å². The van der Waals surface area contributed by atoms with Crippen LogP contribution in [0.4, 0.5) is 8.71 Å². The van der Waals surface area contributed by atoms with E-state index in [1.165, 1.54) is 23.6 Å². The van der Waals surface area contributed by atoms with E-state index in [0.29, 0.717) is 17.9 Å². The molecule has 1 aliphatic carbocycles. The molecule has 35 heavy (non-hydrogen) atoms. The molecule has 2 radical (unpaired) electrons. The van der Waals surface area contributed by atoms with E-state index in [1.807, 2.05) is 22.9 Å². The number of benzene rings is 2. The van der Waals surface area contributed by atoms with Gasteiger partial charge in [0, 0.05) is 29.0 Å². The molecular weight excluding hydrogens is 444 g/mol. The Bertz CT molecular complexity index is 1470.